The standard InChI is InChI=1S/C20H25N7O/c1-3-27-18(14-26-11-5-10-21-26)23-24-19(27)16-8-12-25(13-9-16)20(28)17-7-4-6-15(2)22-17/h4-7,10-11,16H,3,8-9,12-14H2,1-2H3. The van der Waals surface area contributed by atoms with Crippen LogP contribution in [0, 0.1) is 6.92 Å². The maximum Gasteiger partial charge on any atom is 0.272 e. The fraction of sp³-hybridized carbons (Fsp3) is 0.450. The molecular formula is C20H25N7O. The van der Waals surface area contributed by atoms with Crippen LogP contribution in [-0.4, -0.2) is 53.4 Å². The fourth-order valence-corrected chi connectivity index (χ4v) is 3.82. The Labute approximate surface area is 164 Å². The van der Waals surface area contributed by atoms with Gasteiger partial charge in [-0.25, -0.2) is 4.98 Å². The lowest BCUT2D eigenvalue weighted by atomic mass is 9.95. The summed E-state index contributed by atoms with van der Waals surface area (Å²) in [4.78, 5) is 19.0. The highest BCUT2D eigenvalue weighted by Gasteiger charge is 2.28. The molecule has 0 atom stereocenters. The minimum Gasteiger partial charge on any atom is -0.337 e. The molecule has 1 aliphatic heterocycles. The lowest BCUT2D eigenvalue weighted by Gasteiger charge is -2.31. The van der Waals surface area contributed by atoms with Crippen molar-refractivity contribution in [2.24, 2.45) is 0 Å². The number of hydrogen-bond acceptors (Lipinski definition) is 5. The number of rotatable bonds is 5. The quantitative estimate of drug-likeness (QED) is 0.679. The average molecular weight is 379 g/mol. The second-order valence-electron chi connectivity index (χ2n) is 7.15. The first-order valence-corrected chi connectivity index (χ1v) is 9.78. The first-order chi connectivity index (χ1) is 13.7. The zero-order valence-corrected chi connectivity index (χ0v) is 16.3. The summed E-state index contributed by atoms with van der Waals surface area (Å²) in [6.45, 7) is 6.88. The Balaban J connectivity index is 1.44. The van der Waals surface area contributed by atoms with Crippen LogP contribution in [0.25, 0.3) is 0 Å². The molecule has 3 aromatic rings. The number of amides is 1. The van der Waals surface area contributed by atoms with Crippen LogP contribution in [0.5, 0.6) is 0 Å². The van der Waals surface area contributed by atoms with Crippen molar-refractivity contribution < 1.29 is 4.79 Å². The SMILES string of the molecule is CCn1c(Cn2cccn2)nnc1C1CCN(C(=O)c2cccc(C)n2)CC1. The van der Waals surface area contributed by atoms with Gasteiger partial charge < -0.3 is 9.47 Å². The Morgan fingerprint density at radius 2 is 2.00 bits per heavy atom. The summed E-state index contributed by atoms with van der Waals surface area (Å²) in [5.74, 6) is 2.26. The molecule has 0 bridgehead atoms. The van der Waals surface area contributed by atoms with Crippen LogP contribution in [0.15, 0.2) is 36.7 Å². The summed E-state index contributed by atoms with van der Waals surface area (Å²) < 4.78 is 4.04. The third kappa shape index (κ3) is 3.67. The smallest absolute Gasteiger partial charge is 0.272 e. The summed E-state index contributed by atoms with van der Waals surface area (Å²) in [5, 5.41) is 13.2. The molecule has 1 amide bonds. The lowest BCUT2D eigenvalue weighted by molar-refractivity contribution is 0.0704. The van der Waals surface area contributed by atoms with Crippen molar-refractivity contribution in [3.8, 4) is 0 Å². The number of carbonyl (C=O) groups is 1. The second-order valence-corrected chi connectivity index (χ2v) is 7.15. The molecule has 1 aliphatic rings. The van der Waals surface area contributed by atoms with Crippen molar-refractivity contribution >= 4 is 5.91 Å². The maximum absolute atomic E-state index is 12.7. The molecule has 146 valence electrons. The molecule has 4 heterocycles. The Morgan fingerprint density at radius 3 is 2.68 bits per heavy atom. The van der Waals surface area contributed by atoms with Crippen LogP contribution < -0.4 is 0 Å². The molecule has 0 unspecified atom stereocenters. The molecule has 0 saturated carbocycles. The third-order valence-corrected chi connectivity index (χ3v) is 5.29. The van der Waals surface area contributed by atoms with E-state index in [0.717, 1.165) is 36.7 Å². The molecule has 0 radical (unpaired) electrons. The summed E-state index contributed by atoms with van der Waals surface area (Å²) in [6.07, 6.45) is 5.47. The van der Waals surface area contributed by atoms with E-state index in [1.54, 1.807) is 12.3 Å². The van der Waals surface area contributed by atoms with E-state index in [9.17, 15) is 4.79 Å². The summed E-state index contributed by atoms with van der Waals surface area (Å²) in [5.41, 5.74) is 1.39. The minimum atomic E-state index is 0.0125. The minimum absolute atomic E-state index is 0.0125. The van der Waals surface area contributed by atoms with E-state index in [2.05, 4.69) is 31.8 Å². The van der Waals surface area contributed by atoms with Crippen molar-refractivity contribution in [3.63, 3.8) is 0 Å². The predicted octanol–water partition coefficient (Wildman–Crippen LogP) is 2.27. The maximum atomic E-state index is 12.7. The van der Waals surface area contributed by atoms with E-state index in [0.29, 0.717) is 31.2 Å². The van der Waals surface area contributed by atoms with Crippen molar-refractivity contribution in [2.45, 2.75) is 45.7 Å². The van der Waals surface area contributed by atoms with Crippen LogP contribution >= 0.6 is 0 Å². The number of carbonyl (C=O) groups excluding carboxylic acids is 1. The molecule has 8 heteroatoms. The Hall–Kier alpha value is -3.03. The number of hydrogen-bond donors (Lipinski definition) is 0. The van der Waals surface area contributed by atoms with Gasteiger partial charge in [-0.15, -0.1) is 10.2 Å². The summed E-state index contributed by atoms with van der Waals surface area (Å²) >= 11 is 0. The van der Waals surface area contributed by atoms with E-state index >= 15 is 0 Å². The highest BCUT2D eigenvalue weighted by Crippen LogP contribution is 2.28. The molecule has 3 aromatic heterocycles. The number of likely N-dealkylation sites (tertiary alicyclic amines) is 1. The second kappa shape index (κ2) is 7.92. The molecule has 0 aliphatic carbocycles. The van der Waals surface area contributed by atoms with Gasteiger partial charge in [-0.3, -0.25) is 9.48 Å². The number of aryl methyl sites for hydroxylation is 1. The third-order valence-electron chi connectivity index (χ3n) is 5.29. The van der Waals surface area contributed by atoms with Crippen LogP contribution in [0.4, 0.5) is 0 Å². The number of pyridine rings is 1. The lowest BCUT2D eigenvalue weighted by Crippen LogP contribution is -2.38. The van der Waals surface area contributed by atoms with Gasteiger partial charge in [0.25, 0.3) is 5.91 Å². The Morgan fingerprint density at radius 1 is 1.18 bits per heavy atom. The van der Waals surface area contributed by atoms with Gasteiger partial charge in [0.2, 0.25) is 0 Å². The highest BCUT2D eigenvalue weighted by molar-refractivity contribution is 5.92. The van der Waals surface area contributed by atoms with Crippen molar-refractivity contribution in [3.05, 3.63) is 59.7 Å². The molecular weight excluding hydrogens is 354 g/mol. The van der Waals surface area contributed by atoms with Gasteiger partial charge in [0.1, 0.15) is 18.1 Å². The van der Waals surface area contributed by atoms with Crippen LogP contribution in [0.3, 0.4) is 0 Å². The van der Waals surface area contributed by atoms with Gasteiger partial charge in [0.15, 0.2) is 5.82 Å². The first-order valence-electron chi connectivity index (χ1n) is 9.78. The molecule has 1 fully saturated rings. The van der Waals surface area contributed by atoms with Gasteiger partial charge in [0.05, 0.1) is 0 Å². The molecule has 28 heavy (non-hydrogen) atoms. The van der Waals surface area contributed by atoms with Gasteiger partial charge in [-0.1, -0.05) is 6.07 Å². The van der Waals surface area contributed by atoms with Crippen LogP contribution in [0.1, 0.15) is 53.5 Å². The van der Waals surface area contributed by atoms with E-state index in [1.807, 2.05) is 40.9 Å². The summed E-state index contributed by atoms with van der Waals surface area (Å²) in [7, 11) is 0. The monoisotopic (exact) mass is 379 g/mol. The van der Waals surface area contributed by atoms with E-state index in [-0.39, 0.29) is 5.91 Å². The molecule has 0 aromatic carbocycles. The highest BCUT2D eigenvalue weighted by atomic mass is 16.2. The van der Waals surface area contributed by atoms with Gasteiger partial charge >= 0.3 is 0 Å². The fourth-order valence-electron chi connectivity index (χ4n) is 3.82. The summed E-state index contributed by atoms with van der Waals surface area (Å²) in [6, 6.07) is 7.48. The van der Waals surface area contributed by atoms with Crippen LogP contribution in [-0.2, 0) is 13.1 Å². The molecule has 8 nitrogen and oxygen atoms in total. The molecule has 1 saturated heterocycles. The van der Waals surface area contributed by atoms with Crippen LogP contribution in [0.2, 0.25) is 0 Å². The first kappa shape index (κ1) is 18.3. The van der Waals surface area contributed by atoms with E-state index in [4.69, 9.17) is 0 Å². The van der Waals surface area contributed by atoms with E-state index < -0.39 is 0 Å². The van der Waals surface area contributed by atoms with Crippen molar-refractivity contribution in [1.82, 2.24) is 34.4 Å². The van der Waals surface area contributed by atoms with Gasteiger partial charge in [0, 0.05) is 43.6 Å². The molecule has 4 rings (SSSR count). The molecule has 0 N–H and O–H groups in total. The largest absolute Gasteiger partial charge is 0.337 e. The zero-order valence-electron chi connectivity index (χ0n) is 16.3. The zero-order chi connectivity index (χ0) is 19.5. The van der Waals surface area contributed by atoms with Crippen molar-refractivity contribution in [1.29, 1.82) is 0 Å². The van der Waals surface area contributed by atoms with Crippen molar-refractivity contribution in [2.75, 3.05) is 13.1 Å². The van der Waals surface area contributed by atoms with Gasteiger partial charge in [-0.05, 0) is 44.9 Å². The Bertz CT molecular complexity index is 939. The average Bonchev–Trinajstić information content (AvgIpc) is 3.37. The topological polar surface area (TPSA) is 81.7 Å². The Kier molecular flexibility index (Phi) is 5.18. The van der Waals surface area contributed by atoms with E-state index in [1.165, 1.54) is 0 Å². The van der Waals surface area contributed by atoms with Gasteiger partial charge in [-0.2, -0.15) is 5.10 Å². The number of aromatic nitrogens is 6. The number of nitrogens with zero attached hydrogens (tertiary/aromatic N) is 7. The predicted molar refractivity (Wildman–Crippen MR) is 104 cm³/mol. The normalized spacial score (nSPS) is 15.1. The number of piperidine rings is 1. The molecule has 0 spiro atoms.